The van der Waals surface area contributed by atoms with E-state index in [1.54, 1.807) is 17.2 Å². The lowest BCUT2D eigenvalue weighted by atomic mass is 10.5. The summed E-state index contributed by atoms with van der Waals surface area (Å²) in [6.45, 7) is 3.41. The van der Waals surface area contributed by atoms with Gasteiger partial charge < -0.3 is 4.57 Å². The molecule has 0 atom stereocenters. The lowest BCUT2D eigenvalue weighted by Gasteiger charge is -2.03. The molecule has 0 unspecified atom stereocenters. The van der Waals surface area contributed by atoms with E-state index in [1.165, 1.54) is 0 Å². The van der Waals surface area contributed by atoms with Gasteiger partial charge in [0.05, 0.1) is 6.54 Å². The summed E-state index contributed by atoms with van der Waals surface area (Å²) in [4.78, 5) is 7.94. The summed E-state index contributed by atoms with van der Waals surface area (Å²) in [5.74, 6) is 1.17. The molecule has 0 spiro atoms. The van der Waals surface area contributed by atoms with E-state index < -0.39 is 0 Å². The van der Waals surface area contributed by atoms with Gasteiger partial charge in [-0.15, -0.1) is 5.10 Å². The van der Waals surface area contributed by atoms with E-state index in [9.17, 15) is 0 Å². The Hall–Kier alpha value is -2.16. The molecule has 0 saturated heterocycles. The van der Waals surface area contributed by atoms with Gasteiger partial charge in [-0.2, -0.15) is 5.26 Å². The zero-order valence-corrected chi connectivity index (χ0v) is 8.33. The summed E-state index contributed by atoms with van der Waals surface area (Å²) >= 11 is 0. The smallest absolute Gasteiger partial charge is 0.252 e. The number of rotatable bonds is 3. The van der Waals surface area contributed by atoms with Crippen LogP contribution in [0.1, 0.15) is 11.6 Å². The van der Waals surface area contributed by atoms with E-state index in [0.717, 1.165) is 12.4 Å². The van der Waals surface area contributed by atoms with Crippen molar-refractivity contribution in [2.24, 2.45) is 0 Å². The van der Waals surface area contributed by atoms with Crippen LogP contribution in [0.15, 0.2) is 18.7 Å². The van der Waals surface area contributed by atoms with Crippen molar-refractivity contribution in [3.05, 3.63) is 30.4 Å². The first-order chi connectivity index (χ1) is 7.29. The maximum Gasteiger partial charge on any atom is 0.252 e. The maximum absolute atomic E-state index is 8.54. The predicted octanol–water partition coefficient (Wildman–Crippen LogP) is 0.355. The van der Waals surface area contributed by atoms with Crippen molar-refractivity contribution in [3.8, 4) is 6.07 Å². The van der Waals surface area contributed by atoms with E-state index in [1.807, 2.05) is 23.8 Å². The molecule has 0 bridgehead atoms. The molecule has 2 aromatic rings. The lowest BCUT2D eigenvalue weighted by molar-refractivity contribution is 0.524. The van der Waals surface area contributed by atoms with E-state index >= 15 is 0 Å². The summed E-state index contributed by atoms with van der Waals surface area (Å²) in [6.07, 6.45) is 5.24. The van der Waals surface area contributed by atoms with Crippen LogP contribution in [0.4, 0.5) is 0 Å². The van der Waals surface area contributed by atoms with Crippen LogP contribution in [0.5, 0.6) is 0 Å². The summed E-state index contributed by atoms with van der Waals surface area (Å²) in [7, 11) is 0. The van der Waals surface area contributed by atoms with Crippen LogP contribution in [-0.4, -0.2) is 24.3 Å². The molecule has 0 aromatic carbocycles. The number of aryl methyl sites for hydroxylation is 3. The zero-order valence-electron chi connectivity index (χ0n) is 8.33. The number of hydrogen-bond donors (Lipinski definition) is 0. The fourth-order valence-electron chi connectivity index (χ4n) is 1.30. The molecular weight excluding hydrogens is 192 g/mol. The normalized spacial score (nSPS) is 10.1. The maximum atomic E-state index is 8.54. The van der Waals surface area contributed by atoms with Crippen molar-refractivity contribution < 1.29 is 0 Å². The van der Waals surface area contributed by atoms with Crippen molar-refractivity contribution in [1.82, 2.24) is 24.3 Å². The first kappa shape index (κ1) is 9.40. The molecule has 0 saturated carbocycles. The van der Waals surface area contributed by atoms with Crippen molar-refractivity contribution in [3.63, 3.8) is 0 Å². The van der Waals surface area contributed by atoms with E-state index in [2.05, 4.69) is 15.1 Å². The Balaban J connectivity index is 2.00. The zero-order chi connectivity index (χ0) is 10.7. The van der Waals surface area contributed by atoms with Gasteiger partial charge in [0.15, 0.2) is 0 Å². The molecule has 0 aliphatic heterocycles. The highest BCUT2D eigenvalue weighted by molar-refractivity contribution is 5.05. The summed E-state index contributed by atoms with van der Waals surface area (Å²) < 4.78 is 3.67. The van der Waals surface area contributed by atoms with Crippen molar-refractivity contribution in [2.45, 2.75) is 20.0 Å². The molecule has 6 heteroatoms. The highest BCUT2D eigenvalue weighted by atomic mass is 15.3. The largest absolute Gasteiger partial charge is 0.333 e. The Morgan fingerprint density at radius 1 is 1.40 bits per heavy atom. The molecular formula is C9H10N6. The second kappa shape index (κ2) is 3.92. The van der Waals surface area contributed by atoms with Crippen LogP contribution in [0.3, 0.4) is 0 Å². The fraction of sp³-hybridized carbons (Fsp3) is 0.333. The third-order valence-corrected chi connectivity index (χ3v) is 2.13. The molecule has 0 aliphatic rings. The minimum Gasteiger partial charge on any atom is -0.333 e. The Morgan fingerprint density at radius 3 is 2.87 bits per heavy atom. The molecule has 15 heavy (non-hydrogen) atoms. The van der Waals surface area contributed by atoms with Crippen LogP contribution < -0.4 is 0 Å². The monoisotopic (exact) mass is 202 g/mol. The average Bonchev–Trinajstić information content (AvgIpc) is 2.84. The van der Waals surface area contributed by atoms with Crippen molar-refractivity contribution in [2.75, 3.05) is 0 Å². The summed E-state index contributed by atoms with van der Waals surface area (Å²) in [5.41, 5.74) is 0. The van der Waals surface area contributed by atoms with E-state index in [0.29, 0.717) is 6.54 Å². The Morgan fingerprint density at radius 2 is 2.27 bits per heavy atom. The minimum atomic E-state index is 0.206. The van der Waals surface area contributed by atoms with Gasteiger partial charge in [-0.1, -0.05) is 0 Å². The van der Waals surface area contributed by atoms with Crippen LogP contribution in [0.25, 0.3) is 0 Å². The van der Waals surface area contributed by atoms with Gasteiger partial charge in [0.2, 0.25) is 0 Å². The predicted molar refractivity (Wildman–Crippen MR) is 51.7 cm³/mol. The van der Waals surface area contributed by atoms with Crippen LogP contribution in [0, 0.1) is 18.3 Å². The average molecular weight is 202 g/mol. The van der Waals surface area contributed by atoms with Crippen LogP contribution in [0.2, 0.25) is 0 Å². The summed E-state index contributed by atoms with van der Waals surface area (Å²) in [6, 6.07) is 1.89. The van der Waals surface area contributed by atoms with Gasteiger partial charge in [0.1, 0.15) is 18.2 Å². The Labute approximate surface area is 86.8 Å². The van der Waals surface area contributed by atoms with Gasteiger partial charge in [-0.3, -0.25) is 0 Å². The van der Waals surface area contributed by atoms with Crippen LogP contribution >= 0.6 is 0 Å². The second-order valence-electron chi connectivity index (χ2n) is 3.11. The molecule has 0 aliphatic carbocycles. The number of hydrogen-bond acceptors (Lipinski definition) is 4. The van der Waals surface area contributed by atoms with Gasteiger partial charge in [-0.25, -0.2) is 14.6 Å². The van der Waals surface area contributed by atoms with Gasteiger partial charge >= 0.3 is 0 Å². The summed E-state index contributed by atoms with van der Waals surface area (Å²) in [5, 5.41) is 12.5. The van der Waals surface area contributed by atoms with Crippen molar-refractivity contribution >= 4 is 0 Å². The number of nitrogens with zero attached hydrogens (tertiary/aromatic N) is 6. The third kappa shape index (κ3) is 2.02. The topological polar surface area (TPSA) is 72.3 Å². The Kier molecular flexibility index (Phi) is 2.46. The van der Waals surface area contributed by atoms with E-state index in [-0.39, 0.29) is 5.82 Å². The minimum absolute atomic E-state index is 0.206. The first-order valence-corrected chi connectivity index (χ1v) is 4.57. The van der Waals surface area contributed by atoms with Crippen LogP contribution in [-0.2, 0) is 13.1 Å². The van der Waals surface area contributed by atoms with Gasteiger partial charge in [0.25, 0.3) is 5.82 Å². The molecule has 2 rings (SSSR count). The number of aromatic nitrogens is 5. The SMILES string of the molecule is Cc1nccn1CCn1cnc(C#N)n1. The molecule has 76 valence electrons. The molecule has 6 nitrogen and oxygen atoms in total. The van der Waals surface area contributed by atoms with Gasteiger partial charge in [0, 0.05) is 18.9 Å². The molecule has 0 fully saturated rings. The number of imidazole rings is 1. The molecule has 0 N–H and O–H groups in total. The molecule has 0 amide bonds. The third-order valence-electron chi connectivity index (χ3n) is 2.13. The molecule has 2 aromatic heterocycles. The molecule has 2 heterocycles. The first-order valence-electron chi connectivity index (χ1n) is 4.57. The van der Waals surface area contributed by atoms with E-state index in [4.69, 9.17) is 5.26 Å². The quantitative estimate of drug-likeness (QED) is 0.720. The van der Waals surface area contributed by atoms with Crippen molar-refractivity contribution in [1.29, 1.82) is 5.26 Å². The second-order valence-corrected chi connectivity index (χ2v) is 3.11. The Bertz CT molecular complexity index is 489. The lowest BCUT2D eigenvalue weighted by Crippen LogP contribution is -2.08. The highest BCUT2D eigenvalue weighted by Crippen LogP contribution is 1.96. The number of nitriles is 1. The fourth-order valence-corrected chi connectivity index (χ4v) is 1.30. The van der Waals surface area contributed by atoms with Gasteiger partial charge in [-0.05, 0) is 6.92 Å². The highest BCUT2D eigenvalue weighted by Gasteiger charge is 2.00. The standard InChI is InChI=1S/C9H10N6/c1-8-11-2-3-14(8)4-5-15-7-12-9(6-10)13-15/h2-3,7H,4-5H2,1H3. The molecule has 0 radical (unpaired) electrons.